The summed E-state index contributed by atoms with van der Waals surface area (Å²) in [6.45, 7) is 1.03. The number of anilines is 1. The molecule has 0 atom stereocenters. The molecule has 1 aliphatic carbocycles. The lowest BCUT2D eigenvalue weighted by Crippen LogP contribution is -2.27. The number of nitrogens with one attached hydrogen (secondary N) is 1. The van der Waals surface area contributed by atoms with Crippen LogP contribution in [-0.2, 0) is 4.74 Å². The summed E-state index contributed by atoms with van der Waals surface area (Å²) in [6, 6.07) is 5.83. The van der Waals surface area contributed by atoms with Gasteiger partial charge in [-0.1, -0.05) is 18.9 Å². The molecule has 19 heavy (non-hydrogen) atoms. The lowest BCUT2D eigenvalue weighted by Gasteiger charge is -2.26. The van der Waals surface area contributed by atoms with Gasteiger partial charge in [-0.25, -0.2) is 4.79 Å². The van der Waals surface area contributed by atoms with Gasteiger partial charge in [0, 0.05) is 22.9 Å². The number of thioether (sulfide) groups is 1. The Morgan fingerprint density at radius 2 is 2.16 bits per heavy atom. The number of ether oxygens (including phenoxy) is 1. The number of methoxy groups -OCH3 is 1. The fraction of sp³-hybridized carbons (Fsp3) is 0.533. The number of carbonyl (C=O) groups excluding carboxylic acids is 1. The van der Waals surface area contributed by atoms with Crippen LogP contribution >= 0.6 is 11.8 Å². The van der Waals surface area contributed by atoms with Crippen molar-refractivity contribution >= 4 is 23.4 Å². The van der Waals surface area contributed by atoms with Gasteiger partial charge in [-0.2, -0.15) is 0 Å². The van der Waals surface area contributed by atoms with Crippen LogP contribution in [0.1, 0.15) is 36.0 Å². The predicted molar refractivity (Wildman–Crippen MR) is 77.9 cm³/mol. The van der Waals surface area contributed by atoms with Gasteiger partial charge in [-0.15, -0.1) is 11.8 Å². The molecule has 1 aromatic rings. The summed E-state index contributed by atoms with van der Waals surface area (Å²) >= 11 is 1.81. The van der Waals surface area contributed by atoms with Crippen LogP contribution in [0, 0.1) is 5.41 Å². The SMILES string of the molecule is COC(=O)c1cccc2c1SCC1(CCCC1)CN2. The molecule has 4 heteroatoms. The topological polar surface area (TPSA) is 38.3 Å². The lowest BCUT2D eigenvalue weighted by molar-refractivity contribution is 0.0597. The van der Waals surface area contributed by atoms with Gasteiger partial charge in [-0.05, 0) is 30.4 Å². The molecule has 2 aliphatic rings. The van der Waals surface area contributed by atoms with E-state index in [4.69, 9.17) is 4.74 Å². The van der Waals surface area contributed by atoms with Crippen molar-refractivity contribution in [3.05, 3.63) is 23.8 Å². The molecule has 0 bridgehead atoms. The number of rotatable bonds is 1. The van der Waals surface area contributed by atoms with Crippen LogP contribution in [0.15, 0.2) is 23.1 Å². The number of hydrogen-bond acceptors (Lipinski definition) is 4. The van der Waals surface area contributed by atoms with E-state index in [2.05, 4.69) is 11.4 Å². The molecule has 0 unspecified atom stereocenters. The summed E-state index contributed by atoms with van der Waals surface area (Å²) in [7, 11) is 1.44. The Kier molecular flexibility index (Phi) is 3.44. The molecule has 3 nitrogen and oxygen atoms in total. The van der Waals surface area contributed by atoms with E-state index in [1.54, 1.807) is 0 Å². The van der Waals surface area contributed by atoms with Crippen molar-refractivity contribution in [1.29, 1.82) is 0 Å². The molecule has 1 N–H and O–H groups in total. The summed E-state index contributed by atoms with van der Waals surface area (Å²) < 4.78 is 4.88. The molecule has 1 saturated carbocycles. The normalized spacial score (nSPS) is 20.5. The van der Waals surface area contributed by atoms with Crippen molar-refractivity contribution < 1.29 is 9.53 Å². The number of fused-ring (bicyclic) bond motifs is 1. The van der Waals surface area contributed by atoms with Gasteiger partial charge in [0.25, 0.3) is 0 Å². The maximum Gasteiger partial charge on any atom is 0.339 e. The number of benzene rings is 1. The van der Waals surface area contributed by atoms with Gasteiger partial charge in [0.2, 0.25) is 0 Å². The van der Waals surface area contributed by atoms with Crippen LogP contribution in [0.3, 0.4) is 0 Å². The number of hydrogen-bond donors (Lipinski definition) is 1. The summed E-state index contributed by atoms with van der Waals surface area (Å²) in [5.41, 5.74) is 2.18. The molecule has 0 radical (unpaired) electrons. The first-order valence-corrected chi connectivity index (χ1v) is 7.81. The molecule has 0 saturated heterocycles. The Morgan fingerprint density at radius 1 is 1.37 bits per heavy atom. The fourth-order valence-corrected chi connectivity index (χ4v) is 4.55. The minimum atomic E-state index is -0.242. The van der Waals surface area contributed by atoms with Crippen LogP contribution in [0.5, 0.6) is 0 Å². The van der Waals surface area contributed by atoms with Gasteiger partial charge < -0.3 is 10.1 Å². The maximum absolute atomic E-state index is 11.8. The van der Waals surface area contributed by atoms with Crippen LogP contribution in [0.25, 0.3) is 0 Å². The van der Waals surface area contributed by atoms with Crippen LogP contribution < -0.4 is 5.32 Å². The van der Waals surface area contributed by atoms with Crippen molar-refractivity contribution in [2.24, 2.45) is 5.41 Å². The predicted octanol–water partition coefficient (Wildman–Crippen LogP) is 3.55. The van der Waals surface area contributed by atoms with Gasteiger partial charge in [0.15, 0.2) is 0 Å². The zero-order valence-electron chi connectivity index (χ0n) is 11.2. The third-order valence-electron chi connectivity index (χ3n) is 4.26. The van der Waals surface area contributed by atoms with Crippen LogP contribution in [0.4, 0.5) is 5.69 Å². The molecule has 1 aliphatic heterocycles. The molecule has 1 aromatic carbocycles. The highest BCUT2D eigenvalue weighted by Crippen LogP contribution is 2.46. The van der Waals surface area contributed by atoms with E-state index in [0.29, 0.717) is 11.0 Å². The standard InChI is InChI=1S/C15H19NO2S/c1-18-14(17)11-5-4-6-12-13(11)19-10-15(9-16-12)7-2-3-8-15/h4-6,16H,2-3,7-10H2,1H3. The molecular weight excluding hydrogens is 258 g/mol. The first-order chi connectivity index (χ1) is 9.24. The second kappa shape index (κ2) is 5.08. The smallest absolute Gasteiger partial charge is 0.339 e. The molecule has 3 rings (SSSR count). The Hall–Kier alpha value is -1.16. The molecule has 0 aromatic heterocycles. The van der Waals surface area contributed by atoms with E-state index in [9.17, 15) is 4.79 Å². The fourth-order valence-electron chi connectivity index (χ4n) is 3.11. The molecule has 1 fully saturated rings. The van der Waals surface area contributed by atoms with Crippen molar-refractivity contribution in [3.63, 3.8) is 0 Å². The molecule has 1 spiro atoms. The molecular formula is C15H19NO2S. The highest BCUT2D eigenvalue weighted by Gasteiger charge is 2.36. The van der Waals surface area contributed by atoms with E-state index >= 15 is 0 Å². The van der Waals surface area contributed by atoms with E-state index in [1.165, 1.54) is 32.8 Å². The maximum atomic E-state index is 11.8. The van der Waals surface area contributed by atoms with Crippen molar-refractivity contribution in [2.45, 2.75) is 30.6 Å². The number of carbonyl (C=O) groups is 1. The number of esters is 1. The first-order valence-electron chi connectivity index (χ1n) is 6.82. The highest BCUT2D eigenvalue weighted by molar-refractivity contribution is 7.99. The summed E-state index contributed by atoms with van der Waals surface area (Å²) in [6.07, 6.45) is 5.27. The quantitative estimate of drug-likeness (QED) is 0.797. The van der Waals surface area contributed by atoms with Crippen LogP contribution in [0.2, 0.25) is 0 Å². The summed E-state index contributed by atoms with van der Waals surface area (Å²) in [4.78, 5) is 12.9. The third-order valence-corrected chi connectivity index (χ3v) is 5.75. The molecule has 0 amide bonds. The minimum absolute atomic E-state index is 0.242. The van der Waals surface area contributed by atoms with Crippen molar-refractivity contribution in [3.8, 4) is 0 Å². The largest absolute Gasteiger partial charge is 0.465 e. The van der Waals surface area contributed by atoms with Gasteiger partial charge in [-0.3, -0.25) is 0 Å². The highest BCUT2D eigenvalue weighted by atomic mass is 32.2. The third kappa shape index (κ3) is 2.34. The Labute approximate surface area is 118 Å². The van der Waals surface area contributed by atoms with E-state index in [-0.39, 0.29) is 5.97 Å². The van der Waals surface area contributed by atoms with Crippen LogP contribution in [-0.4, -0.2) is 25.4 Å². The summed E-state index contributed by atoms with van der Waals surface area (Å²) in [5, 5.41) is 3.55. The first kappa shape index (κ1) is 12.9. The Balaban J connectivity index is 1.92. The van der Waals surface area contributed by atoms with Crippen molar-refractivity contribution in [1.82, 2.24) is 0 Å². The van der Waals surface area contributed by atoms with Gasteiger partial charge in [0.05, 0.1) is 12.7 Å². The second-order valence-corrected chi connectivity index (χ2v) is 6.51. The second-order valence-electron chi connectivity index (χ2n) is 5.52. The van der Waals surface area contributed by atoms with Gasteiger partial charge in [0.1, 0.15) is 0 Å². The molecule has 1 heterocycles. The summed E-state index contributed by atoms with van der Waals surface area (Å²) in [5.74, 6) is 0.856. The average molecular weight is 277 g/mol. The van der Waals surface area contributed by atoms with E-state index < -0.39 is 0 Å². The van der Waals surface area contributed by atoms with E-state index in [0.717, 1.165) is 22.9 Å². The average Bonchev–Trinajstić information content (AvgIpc) is 2.82. The Morgan fingerprint density at radius 3 is 2.89 bits per heavy atom. The zero-order chi connectivity index (χ0) is 13.3. The monoisotopic (exact) mass is 277 g/mol. The Bertz CT molecular complexity index is 495. The van der Waals surface area contributed by atoms with Gasteiger partial charge >= 0.3 is 5.97 Å². The molecule has 102 valence electrons. The lowest BCUT2D eigenvalue weighted by atomic mass is 9.88. The zero-order valence-corrected chi connectivity index (χ0v) is 12.0. The van der Waals surface area contributed by atoms with Crippen molar-refractivity contribution in [2.75, 3.05) is 24.7 Å². The van der Waals surface area contributed by atoms with E-state index in [1.807, 2.05) is 23.9 Å². The minimum Gasteiger partial charge on any atom is -0.465 e.